The lowest BCUT2D eigenvalue weighted by atomic mass is 9.96. The Labute approximate surface area is 166 Å². The van der Waals surface area contributed by atoms with Gasteiger partial charge >= 0.3 is 0 Å². The van der Waals surface area contributed by atoms with E-state index in [2.05, 4.69) is 25.7 Å². The number of aromatic nitrogens is 6. The first-order valence-electron chi connectivity index (χ1n) is 9.59. The topological polar surface area (TPSA) is 103 Å². The van der Waals surface area contributed by atoms with Crippen molar-refractivity contribution in [3.05, 3.63) is 53.2 Å². The van der Waals surface area contributed by atoms with Gasteiger partial charge in [0.15, 0.2) is 5.82 Å². The Morgan fingerprint density at radius 1 is 1.31 bits per heavy atom. The lowest BCUT2D eigenvalue weighted by molar-refractivity contribution is -0.136. The standard InChI is InChI=1S/C19H22FN7O2/c1-12-21-18(29-23-12)15-4-3-9-26(11-15)19(28)17(27-13(2)22-24-25-27)10-14-5-7-16(20)8-6-14/h5-8,15,17H,3-4,9-11H2,1-2H3. The van der Waals surface area contributed by atoms with Crippen molar-refractivity contribution >= 4 is 5.91 Å². The fraction of sp³-hybridized carbons (Fsp3) is 0.474. The molecule has 9 nitrogen and oxygen atoms in total. The van der Waals surface area contributed by atoms with Gasteiger partial charge in [-0.15, -0.1) is 5.10 Å². The molecular weight excluding hydrogens is 377 g/mol. The van der Waals surface area contributed by atoms with Crippen LogP contribution in [0.5, 0.6) is 0 Å². The number of carbonyl (C=O) groups excluding carboxylic acids is 1. The first-order chi connectivity index (χ1) is 14.0. The van der Waals surface area contributed by atoms with Crippen molar-refractivity contribution in [2.24, 2.45) is 0 Å². The largest absolute Gasteiger partial charge is 0.340 e. The van der Waals surface area contributed by atoms with E-state index in [4.69, 9.17) is 4.52 Å². The zero-order chi connectivity index (χ0) is 20.4. The predicted octanol–water partition coefficient (Wildman–Crippen LogP) is 2.00. The average Bonchev–Trinajstić information content (AvgIpc) is 3.35. The second kappa shape index (κ2) is 8.06. The van der Waals surface area contributed by atoms with Crippen molar-refractivity contribution in [1.29, 1.82) is 0 Å². The van der Waals surface area contributed by atoms with Crippen molar-refractivity contribution in [2.45, 2.75) is 45.1 Å². The Kier molecular flexibility index (Phi) is 5.32. The van der Waals surface area contributed by atoms with E-state index in [1.807, 2.05) is 4.90 Å². The molecule has 3 heterocycles. The third-order valence-electron chi connectivity index (χ3n) is 5.21. The summed E-state index contributed by atoms with van der Waals surface area (Å²) < 4.78 is 20.1. The van der Waals surface area contributed by atoms with Crippen LogP contribution in [-0.2, 0) is 11.2 Å². The monoisotopic (exact) mass is 399 g/mol. The number of likely N-dealkylation sites (tertiary alicyclic amines) is 1. The molecule has 0 aliphatic carbocycles. The van der Waals surface area contributed by atoms with Crippen LogP contribution in [0.25, 0.3) is 0 Å². The minimum absolute atomic E-state index is 0.00957. The van der Waals surface area contributed by atoms with Crippen LogP contribution in [0.3, 0.4) is 0 Å². The van der Waals surface area contributed by atoms with Crippen LogP contribution in [0.4, 0.5) is 4.39 Å². The molecule has 0 bridgehead atoms. The molecular formula is C19H22FN7O2. The number of halogens is 1. The van der Waals surface area contributed by atoms with Crippen LogP contribution < -0.4 is 0 Å². The zero-order valence-corrected chi connectivity index (χ0v) is 16.3. The Bertz CT molecular complexity index is 985. The van der Waals surface area contributed by atoms with Crippen molar-refractivity contribution < 1.29 is 13.7 Å². The van der Waals surface area contributed by atoms with Crippen molar-refractivity contribution in [1.82, 2.24) is 35.2 Å². The third kappa shape index (κ3) is 4.15. The van der Waals surface area contributed by atoms with Crippen LogP contribution in [-0.4, -0.2) is 54.2 Å². The number of benzene rings is 1. The van der Waals surface area contributed by atoms with E-state index in [0.29, 0.717) is 37.0 Å². The van der Waals surface area contributed by atoms with Gasteiger partial charge in [-0.05, 0) is 54.8 Å². The first-order valence-corrected chi connectivity index (χ1v) is 9.59. The highest BCUT2D eigenvalue weighted by Gasteiger charge is 2.34. The molecule has 0 saturated carbocycles. The fourth-order valence-electron chi connectivity index (χ4n) is 3.72. The minimum Gasteiger partial charge on any atom is -0.340 e. The Balaban J connectivity index is 1.57. The number of rotatable bonds is 5. The summed E-state index contributed by atoms with van der Waals surface area (Å²) in [6, 6.07) is 5.51. The molecule has 0 spiro atoms. The summed E-state index contributed by atoms with van der Waals surface area (Å²) in [5.74, 6) is 1.31. The summed E-state index contributed by atoms with van der Waals surface area (Å²) in [6.07, 6.45) is 2.10. The molecule has 1 fully saturated rings. The Hall–Kier alpha value is -3.17. The van der Waals surface area contributed by atoms with E-state index in [1.54, 1.807) is 26.0 Å². The number of nitrogens with zero attached hydrogens (tertiary/aromatic N) is 7. The maximum Gasteiger partial charge on any atom is 0.247 e. The summed E-state index contributed by atoms with van der Waals surface area (Å²) in [7, 11) is 0. The molecule has 1 aliphatic rings. The van der Waals surface area contributed by atoms with Crippen LogP contribution in [0.2, 0.25) is 0 Å². The Morgan fingerprint density at radius 3 is 2.76 bits per heavy atom. The lowest BCUT2D eigenvalue weighted by Gasteiger charge is -2.33. The normalized spacial score (nSPS) is 18.0. The van der Waals surface area contributed by atoms with E-state index >= 15 is 0 Å². The van der Waals surface area contributed by atoms with Crippen LogP contribution in [0.15, 0.2) is 28.8 Å². The fourth-order valence-corrected chi connectivity index (χ4v) is 3.72. The Morgan fingerprint density at radius 2 is 2.10 bits per heavy atom. The van der Waals surface area contributed by atoms with Gasteiger partial charge in [0.2, 0.25) is 11.8 Å². The molecule has 1 amide bonds. The second-order valence-electron chi connectivity index (χ2n) is 7.32. The number of amides is 1. The average molecular weight is 399 g/mol. The van der Waals surface area contributed by atoms with Crippen LogP contribution in [0, 0.1) is 19.7 Å². The molecule has 3 aromatic rings. The number of hydrogen-bond donors (Lipinski definition) is 0. The molecule has 1 aromatic carbocycles. The lowest BCUT2D eigenvalue weighted by Crippen LogP contribution is -2.44. The highest BCUT2D eigenvalue weighted by atomic mass is 19.1. The molecule has 152 valence electrons. The number of hydrogen-bond acceptors (Lipinski definition) is 7. The van der Waals surface area contributed by atoms with Gasteiger partial charge in [-0.1, -0.05) is 17.3 Å². The van der Waals surface area contributed by atoms with Gasteiger partial charge < -0.3 is 9.42 Å². The molecule has 29 heavy (non-hydrogen) atoms. The summed E-state index contributed by atoms with van der Waals surface area (Å²) in [5, 5.41) is 15.5. The molecule has 0 N–H and O–H groups in total. The van der Waals surface area contributed by atoms with E-state index < -0.39 is 6.04 Å². The predicted molar refractivity (Wildman–Crippen MR) is 99.3 cm³/mol. The summed E-state index contributed by atoms with van der Waals surface area (Å²) in [4.78, 5) is 19.6. The number of piperidine rings is 1. The zero-order valence-electron chi connectivity index (χ0n) is 16.3. The third-order valence-corrected chi connectivity index (χ3v) is 5.21. The molecule has 2 atom stereocenters. The summed E-state index contributed by atoms with van der Waals surface area (Å²) in [5.41, 5.74) is 0.834. The summed E-state index contributed by atoms with van der Waals surface area (Å²) in [6.45, 7) is 4.67. The highest BCUT2D eigenvalue weighted by molar-refractivity contribution is 5.81. The molecule has 1 aliphatic heterocycles. The van der Waals surface area contributed by atoms with Gasteiger partial charge in [-0.25, -0.2) is 9.07 Å². The van der Waals surface area contributed by atoms with Gasteiger partial charge in [-0.3, -0.25) is 4.79 Å². The van der Waals surface area contributed by atoms with Crippen LogP contribution in [0.1, 0.15) is 47.9 Å². The highest BCUT2D eigenvalue weighted by Crippen LogP contribution is 2.28. The maximum atomic E-state index is 13.5. The molecule has 2 unspecified atom stereocenters. The van der Waals surface area contributed by atoms with E-state index in [1.165, 1.54) is 16.8 Å². The van der Waals surface area contributed by atoms with Gasteiger partial charge in [-0.2, -0.15) is 4.98 Å². The van der Waals surface area contributed by atoms with E-state index in [-0.39, 0.29) is 17.6 Å². The molecule has 4 rings (SSSR count). The van der Waals surface area contributed by atoms with Gasteiger partial charge in [0, 0.05) is 19.5 Å². The summed E-state index contributed by atoms with van der Waals surface area (Å²) >= 11 is 0. The SMILES string of the molecule is Cc1noc(C2CCCN(C(=O)C(Cc3ccc(F)cc3)n3nnnc3C)C2)n1. The molecule has 1 saturated heterocycles. The maximum absolute atomic E-state index is 13.5. The van der Waals surface area contributed by atoms with Gasteiger partial charge in [0.1, 0.15) is 17.7 Å². The van der Waals surface area contributed by atoms with Crippen molar-refractivity contribution in [3.8, 4) is 0 Å². The van der Waals surface area contributed by atoms with Crippen LogP contribution >= 0.6 is 0 Å². The minimum atomic E-state index is -0.612. The number of tetrazole rings is 1. The van der Waals surface area contributed by atoms with E-state index in [9.17, 15) is 9.18 Å². The molecule has 2 aromatic heterocycles. The van der Waals surface area contributed by atoms with Crippen molar-refractivity contribution in [2.75, 3.05) is 13.1 Å². The molecule has 10 heteroatoms. The molecule has 0 radical (unpaired) electrons. The number of carbonyl (C=O) groups is 1. The smallest absolute Gasteiger partial charge is 0.247 e. The van der Waals surface area contributed by atoms with Gasteiger partial charge in [0.25, 0.3) is 0 Å². The number of aryl methyl sites for hydroxylation is 2. The quantitative estimate of drug-likeness (QED) is 0.646. The van der Waals surface area contributed by atoms with Gasteiger partial charge in [0.05, 0.1) is 5.92 Å². The second-order valence-corrected chi connectivity index (χ2v) is 7.32. The van der Waals surface area contributed by atoms with E-state index in [0.717, 1.165) is 18.4 Å². The van der Waals surface area contributed by atoms with Crippen molar-refractivity contribution in [3.63, 3.8) is 0 Å². The first kappa shape index (κ1) is 19.2.